The van der Waals surface area contributed by atoms with Crippen molar-refractivity contribution in [2.45, 2.75) is 57.5 Å². The van der Waals surface area contributed by atoms with Gasteiger partial charge >= 0.3 is 0 Å². The topological polar surface area (TPSA) is 75.4 Å². The molecule has 0 spiro atoms. The minimum atomic E-state index is -0.484. The van der Waals surface area contributed by atoms with E-state index >= 15 is 0 Å². The van der Waals surface area contributed by atoms with Crippen molar-refractivity contribution >= 4 is 23.6 Å². The molecule has 0 saturated carbocycles. The second kappa shape index (κ2) is 9.69. The summed E-state index contributed by atoms with van der Waals surface area (Å²) in [7, 11) is 0. The molecule has 2 unspecified atom stereocenters. The van der Waals surface area contributed by atoms with Gasteiger partial charge in [-0.3, -0.25) is 9.59 Å². The van der Waals surface area contributed by atoms with Crippen LogP contribution < -0.4 is 5.32 Å². The van der Waals surface area contributed by atoms with E-state index in [4.69, 9.17) is 4.52 Å². The molecule has 162 valence electrons. The highest BCUT2D eigenvalue weighted by Crippen LogP contribution is 2.26. The summed E-state index contributed by atoms with van der Waals surface area (Å²) in [5, 5.41) is 7.13. The van der Waals surface area contributed by atoms with Gasteiger partial charge in [-0.15, -0.1) is 11.8 Å². The van der Waals surface area contributed by atoms with Gasteiger partial charge in [-0.25, -0.2) is 0 Å². The number of piperazine rings is 1. The molecule has 1 aliphatic rings. The van der Waals surface area contributed by atoms with Gasteiger partial charge in [0.2, 0.25) is 5.91 Å². The van der Waals surface area contributed by atoms with Crippen molar-refractivity contribution in [3.05, 3.63) is 36.0 Å². The number of hydrogen-bond donors (Lipinski definition) is 1. The normalized spacial score (nSPS) is 19.4. The SMILES string of the molecule is CSc1ccc(-c2cc(C(=O)N3CC(CC(C)C)NC(=O)C3CC(C)C)no2)cc1. The molecule has 0 radical (unpaired) electrons. The Hall–Kier alpha value is -2.28. The fraction of sp³-hybridized carbons (Fsp3) is 0.522. The average molecular weight is 430 g/mol. The van der Waals surface area contributed by atoms with Crippen LogP contribution in [0, 0.1) is 11.8 Å². The van der Waals surface area contributed by atoms with E-state index in [1.54, 1.807) is 22.7 Å². The van der Waals surface area contributed by atoms with E-state index in [9.17, 15) is 9.59 Å². The van der Waals surface area contributed by atoms with Crippen LogP contribution in [0.1, 0.15) is 51.0 Å². The lowest BCUT2D eigenvalue weighted by atomic mass is 9.94. The van der Waals surface area contributed by atoms with Crippen LogP contribution >= 0.6 is 11.8 Å². The molecule has 30 heavy (non-hydrogen) atoms. The van der Waals surface area contributed by atoms with Gasteiger partial charge in [0.05, 0.1) is 0 Å². The summed E-state index contributed by atoms with van der Waals surface area (Å²) in [6.45, 7) is 8.84. The van der Waals surface area contributed by atoms with Crippen LogP contribution in [0.2, 0.25) is 0 Å². The number of hydrogen-bond acceptors (Lipinski definition) is 5. The molecule has 1 aromatic heterocycles. The third-order valence-electron chi connectivity index (χ3n) is 5.26. The Balaban J connectivity index is 1.83. The Morgan fingerprint density at radius 1 is 1.20 bits per heavy atom. The number of aromatic nitrogens is 1. The first kappa shape index (κ1) is 22.4. The first-order valence-corrected chi connectivity index (χ1v) is 11.7. The molecule has 2 atom stereocenters. The quantitative estimate of drug-likeness (QED) is 0.658. The van der Waals surface area contributed by atoms with E-state index in [0.717, 1.165) is 16.9 Å². The van der Waals surface area contributed by atoms with Crippen molar-refractivity contribution in [3.63, 3.8) is 0 Å². The maximum atomic E-state index is 13.3. The molecule has 0 aliphatic carbocycles. The molecule has 3 rings (SSSR count). The van der Waals surface area contributed by atoms with Crippen LogP contribution in [-0.2, 0) is 4.79 Å². The van der Waals surface area contributed by atoms with Crippen molar-refractivity contribution < 1.29 is 14.1 Å². The van der Waals surface area contributed by atoms with Gasteiger partial charge in [0, 0.05) is 29.1 Å². The Bertz CT molecular complexity index is 876. The van der Waals surface area contributed by atoms with Crippen molar-refractivity contribution in [2.24, 2.45) is 11.8 Å². The number of nitrogens with one attached hydrogen (secondary N) is 1. The lowest BCUT2D eigenvalue weighted by molar-refractivity contribution is -0.130. The average Bonchev–Trinajstić information content (AvgIpc) is 3.19. The Kier molecular flexibility index (Phi) is 7.23. The lowest BCUT2D eigenvalue weighted by Crippen LogP contribution is -2.62. The van der Waals surface area contributed by atoms with Crippen LogP contribution in [-0.4, -0.2) is 46.8 Å². The second-order valence-electron chi connectivity index (χ2n) is 8.74. The molecule has 1 N–H and O–H groups in total. The Labute approximate surface area is 182 Å². The largest absolute Gasteiger partial charge is 0.355 e. The number of carbonyl (C=O) groups excluding carboxylic acids is 2. The monoisotopic (exact) mass is 429 g/mol. The number of rotatable bonds is 7. The highest BCUT2D eigenvalue weighted by atomic mass is 32.2. The molecule has 7 heteroatoms. The zero-order valence-corrected chi connectivity index (χ0v) is 19.2. The summed E-state index contributed by atoms with van der Waals surface area (Å²) in [6, 6.07) is 9.07. The molecule has 1 saturated heterocycles. The van der Waals surface area contributed by atoms with Gasteiger partial charge in [0.1, 0.15) is 6.04 Å². The summed E-state index contributed by atoms with van der Waals surface area (Å²) < 4.78 is 5.47. The van der Waals surface area contributed by atoms with Crippen LogP contribution in [0.4, 0.5) is 0 Å². The summed E-state index contributed by atoms with van der Waals surface area (Å²) in [6.07, 6.45) is 3.47. The molecule has 2 amide bonds. The van der Waals surface area contributed by atoms with E-state index < -0.39 is 6.04 Å². The molecule has 1 aromatic carbocycles. The van der Waals surface area contributed by atoms with Gasteiger partial charge in [0.15, 0.2) is 11.5 Å². The Morgan fingerprint density at radius 2 is 1.87 bits per heavy atom. The van der Waals surface area contributed by atoms with Crippen LogP contribution in [0.5, 0.6) is 0 Å². The molecule has 6 nitrogen and oxygen atoms in total. The van der Waals surface area contributed by atoms with Gasteiger partial charge in [-0.1, -0.05) is 45.0 Å². The zero-order valence-electron chi connectivity index (χ0n) is 18.3. The molecular formula is C23H31N3O3S. The highest BCUT2D eigenvalue weighted by Gasteiger charge is 2.38. The predicted octanol–water partition coefficient (Wildman–Crippen LogP) is 4.46. The smallest absolute Gasteiger partial charge is 0.276 e. The second-order valence-corrected chi connectivity index (χ2v) is 9.62. The number of carbonyl (C=O) groups is 2. The predicted molar refractivity (Wildman–Crippen MR) is 119 cm³/mol. The molecule has 2 heterocycles. The van der Waals surface area contributed by atoms with Crippen molar-refractivity contribution in [2.75, 3.05) is 12.8 Å². The summed E-state index contributed by atoms with van der Waals surface area (Å²) >= 11 is 1.67. The number of amides is 2. The maximum Gasteiger partial charge on any atom is 0.276 e. The number of benzene rings is 1. The van der Waals surface area contributed by atoms with E-state index in [1.807, 2.05) is 30.5 Å². The van der Waals surface area contributed by atoms with Crippen LogP contribution in [0.25, 0.3) is 11.3 Å². The van der Waals surface area contributed by atoms with Gasteiger partial charge in [-0.2, -0.15) is 0 Å². The van der Waals surface area contributed by atoms with Gasteiger partial charge in [-0.05, 0) is 43.1 Å². The van der Waals surface area contributed by atoms with Crippen molar-refractivity contribution in [1.82, 2.24) is 15.4 Å². The first-order chi connectivity index (χ1) is 14.3. The molecular weight excluding hydrogens is 398 g/mol. The number of nitrogens with zero attached hydrogens (tertiary/aromatic N) is 2. The van der Waals surface area contributed by atoms with E-state index in [1.165, 1.54) is 0 Å². The van der Waals surface area contributed by atoms with E-state index in [2.05, 4.69) is 38.2 Å². The standard InChI is InChI=1S/C23H31N3O3S/c1-14(2)10-17-13-26(20(11-15(3)4)22(27)24-17)23(28)19-12-21(29-25-19)16-6-8-18(30-5)9-7-16/h6-9,12,14-15,17,20H,10-11,13H2,1-5H3,(H,24,27). The third kappa shape index (κ3) is 5.25. The van der Waals surface area contributed by atoms with Crippen LogP contribution in [0.15, 0.2) is 39.8 Å². The van der Waals surface area contributed by atoms with Gasteiger partial charge < -0.3 is 14.7 Å². The fourth-order valence-corrected chi connectivity index (χ4v) is 4.28. The molecule has 1 aliphatic heterocycles. The lowest BCUT2D eigenvalue weighted by Gasteiger charge is -2.40. The third-order valence-corrected chi connectivity index (χ3v) is 6.00. The number of thioether (sulfide) groups is 1. The van der Waals surface area contributed by atoms with Crippen molar-refractivity contribution in [1.29, 1.82) is 0 Å². The summed E-state index contributed by atoms with van der Waals surface area (Å²) in [5.74, 6) is 0.939. The molecule has 0 bridgehead atoms. The highest BCUT2D eigenvalue weighted by molar-refractivity contribution is 7.98. The van der Waals surface area contributed by atoms with E-state index in [-0.39, 0.29) is 23.6 Å². The van der Waals surface area contributed by atoms with Gasteiger partial charge in [0.25, 0.3) is 5.91 Å². The fourth-order valence-electron chi connectivity index (χ4n) is 3.87. The zero-order chi connectivity index (χ0) is 21.8. The van der Waals surface area contributed by atoms with E-state index in [0.29, 0.717) is 30.6 Å². The minimum absolute atomic E-state index is 0.0460. The minimum Gasteiger partial charge on any atom is -0.355 e. The maximum absolute atomic E-state index is 13.3. The Morgan fingerprint density at radius 3 is 2.47 bits per heavy atom. The summed E-state index contributed by atoms with van der Waals surface area (Å²) in [4.78, 5) is 29.0. The molecule has 2 aromatic rings. The van der Waals surface area contributed by atoms with Crippen LogP contribution in [0.3, 0.4) is 0 Å². The summed E-state index contributed by atoms with van der Waals surface area (Å²) in [5.41, 5.74) is 1.11. The molecule has 1 fully saturated rings. The van der Waals surface area contributed by atoms with Crippen molar-refractivity contribution in [3.8, 4) is 11.3 Å². The first-order valence-electron chi connectivity index (χ1n) is 10.5.